The van der Waals surface area contributed by atoms with E-state index in [0.717, 1.165) is 209 Å². The van der Waals surface area contributed by atoms with Crippen LogP contribution < -0.4 is 0 Å². The van der Waals surface area contributed by atoms with Gasteiger partial charge in [0, 0.05) is 89.5 Å². The Balaban J connectivity index is 0.000000738. The lowest BCUT2D eigenvalue weighted by molar-refractivity contribution is 0.469. The fraction of sp³-hybridized carbons (Fsp3) is 0.848. The van der Waals surface area contributed by atoms with Gasteiger partial charge in [-0.3, -0.25) is 28.1 Å². The topological polar surface area (TPSA) is 246 Å². The SMILES string of the molecule is CC(C)CCCCCn1cc(CC(C)C)nn1.CC(C)CCCCn1cc(CC(C)C)nn1.CC(C)CCCCn1nncc1CC(C)C.CC(C)CCCCn1nncc1CCCC(C)C.CC(C)CCCc1cn(CC(C)C)nn1.CC(C)CCCc1cn(CCC(C)C)nn1.CC(C)CCCn1cc(CCC(C)C)nn1.CC(C)CCc1cn(CCC(C)C)nn1. The van der Waals surface area contributed by atoms with Gasteiger partial charge in [0.15, 0.2) is 0 Å². The Hall–Kier alpha value is -6.88. The third-order valence-corrected chi connectivity index (χ3v) is 21.8. The number of unbranched alkanes of at least 4 members (excludes halogenated alkanes) is 5. The zero-order chi connectivity index (χ0) is 96.4. The van der Waals surface area contributed by atoms with Crippen LogP contribution >= 0.6 is 0 Å². The summed E-state index contributed by atoms with van der Waals surface area (Å²) in [5.41, 5.74) is 9.38. The number of aromatic nitrogens is 24. The molecule has 0 aliphatic rings. The summed E-state index contributed by atoms with van der Waals surface area (Å²) in [4.78, 5) is 0. The molecule has 8 aromatic heterocycles. The maximum absolute atomic E-state index is 4.20. The second-order valence-electron chi connectivity index (χ2n) is 43.9. The summed E-state index contributed by atoms with van der Waals surface area (Å²) in [6, 6.07) is 0. The summed E-state index contributed by atoms with van der Waals surface area (Å²) in [6.45, 7) is 80.0. The molecule has 742 valence electrons. The Labute approximate surface area is 791 Å². The van der Waals surface area contributed by atoms with Crippen LogP contribution in [0.15, 0.2) is 49.6 Å². The number of aryl methyl sites for hydroxylation is 12. The van der Waals surface area contributed by atoms with Gasteiger partial charge in [0.05, 0.1) is 57.9 Å². The molecule has 0 saturated heterocycles. The van der Waals surface area contributed by atoms with E-state index in [9.17, 15) is 0 Å². The molecule has 0 aliphatic carbocycles. The fourth-order valence-electron chi connectivity index (χ4n) is 14.1. The molecule has 0 N–H and O–H groups in total. The molecule has 24 nitrogen and oxygen atoms in total. The molecule has 0 saturated carbocycles. The molecule has 8 heterocycles. The van der Waals surface area contributed by atoms with Gasteiger partial charge < -0.3 is 0 Å². The summed E-state index contributed by atoms with van der Waals surface area (Å²) < 4.78 is 16.0. The first-order valence-electron chi connectivity index (χ1n) is 52.2. The highest BCUT2D eigenvalue weighted by molar-refractivity contribution is 4.99. The van der Waals surface area contributed by atoms with Crippen molar-refractivity contribution in [1.29, 1.82) is 0 Å². The maximum Gasteiger partial charge on any atom is 0.0829 e. The van der Waals surface area contributed by atoms with Crippen LogP contribution in [0.25, 0.3) is 0 Å². The standard InChI is InChI=1S/C15H29N3.C14H27N3.4C13H25N3.2C12H23N3/c1-13(2)8-5-6-11-18-15(12-16-17-18)10-7-9-14(3)4;1-12(2)8-6-5-7-9-17-11-14(15-16-17)10-13(3)4;1-11(2)6-5-9-16-10-13(14-15-16)8-7-12(3)4;1-11(2)6-5-7-13-10-16(15-14-13)9-8-12(3)4;1-11(2)7-5-6-8-16-10-13(14-15-16)9-12(3)4;1-11(2)7-5-6-8-16-13(9-12(3)4)10-14-15-16;1-10(2)5-6-12-9-15(14-13-12)8-7-11(3)4;1-10(2)6-5-7-12-9-15(14-13-12)8-11(3)4/h12-14H,5-11H2,1-4H3;11-13H,5-10H2,1-4H3;4*10-12H,5-9H2,1-4H3;2*9-11H,5-8H2,1-4H3. The molecule has 8 rings (SSSR count). The largest absolute Gasteiger partial charge is 0.252 e. The normalized spacial score (nSPS) is 11.6. The number of nitrogens with zero attached hydrogens (tertiary/aromatic N) is 24. The molecular weight excluding hydrogens is 1600 g/mol. The summed E-state index contributed by atoms with van der Waals surface area (Å²) >= 11 is 0. The van der Waals surface area contributed by atoms with Crippen LogP contribution in [0.4, 0.5) is 0 Å². The lowest BCUT2D eigenvalue weighted by Gasteiger charge is -2.08. The maximum atomic E-state index is 4.20. The predicted octanol–water partition coefficient (Wildman–Crippen LogP) is 26.8. The Morgan fingerprint density at radius 2 is 0.442 bits per heavy atom. The molecule has 0 fully saturated rings. The van der Waals surface area contributed by atoms with E-state index in [4.69, 9.17) is 0 Å². The molecule has 0 amide bonds. The molecule has 0 bridgehead atoms. The first-order valence-corrected chi connectivity index (χ1v) is 52.2. The van der Waals surface area contributed by atoms with Crippen molar-refractivity contribution >= 4 is 0 Å². The van der Waals surface area contributed by atoms with E-state index in [1.807, 2.05) is 40.5 Å². The minimum absolute atomic E-state index is 0.634. The molecule has 0 aromatic carbocycles. The van der Waals surface area contributed by atoms with Crippen molar-refractivity contribution in [3.63, 3.8) is 0 Å². The zero-order valence-electron chi connectivity index (χ0n) is 89.6. The van der Waals surface area contributed by atoms with E-state index in [1.54, 1.807) is 0 Å². The van der Waals surface area contributed by atoms with E-state index in [2.05, 4.69) is 351 Å². The second kappa shape index (κ2) is 73.6. The average Bonchev–Trinajstić information content (AvgIpc) is 1.94. The Morgan fingerprint density at radius 1 is 0.186 bits per heavy atom. The third-order valence-electron chi connectivity index (χ3n) is 21.8. The zero-order valence-corrected chi connectivity index (χ0v) is 89.6. The molecule has 0 aliphatic heterocycles. The Bertz CT molecular complexity index is 3690. The van der Waals surface area contributed by atoms with Gasteiger partial charge in [-0.1, -0.05) is 340 Å². The summed E-state index contributed by atoms with van der Waals surface area (Å²) in [5.74, 6) is 12.0. The predicted molar refractivity (Wildman–Crippen MR) is 543 cm³/mol. The van der Waals surface area contributed by atoms with Crippen LogP contribution in [-0.4, -0.2) is 120 Å². The van der Waals surface area contributed by atoms with Crippen LogP contribution in [0, 0.1) is 94.7 Å². The highest BCUT2D eigenvalue weighted by atomic mass is 15.5. The third kappa shape index (κ3) is 70.5. The minimum atomic E-state index is 0.634. The molecule has 0 spiro atoms. The van der Waals surface area contributed by atoms with Crippen molar-refractivity contribution in [3.05, 3.63) is 95.1 Å². The first kappa shape index (κ1) is 120. The van der Waals surface area contributed by atoms with Gasteiger partial charge in [-0.15, -0.1) is 40.8 Å². The quantitative estimate of drug-likeness (QED) is 0.0322. The second-order valence-corrected chi connectivity index (χ2v) is 43.9. The monoisotopic (exact) mass is 1800 g/mol. The minimum Gasteiger partial charge on any atom is -0.252 e. The van der Waals surface area contributed by atoms with Crippen molar-refractivity contribution in [2.24, 2.45) is 94.7 Å². The van der Waals surface area contributed by atoms with E-state index in [-0.39, 0.29) is 0 Å². The van der Waals surface area contributed by atoms with Crippen LogP contribution in [0.3, 0.4) is 0 Å². The van der Waals surface area contributed by atoms with Crippen molar-refractivity contribution in [1.82, 2.24) is 120 Å². The van der Waals surface area contributed by atoms with Crippen molar-refractivity contribution in [2.75, 3.05) is 0 Å². The first-order chi connectivity index (χ1) is 61.1. The molecular formula is C105H202N24. The van der Waals surface area contributed by atoms with E-state index in [0.29, 0.717) is 23.7 Å². The van der Waals surface area contributed by atoms with Gasteiger partial charge in [-0.2, -0.15) is 0 Å². The van der Waals surface area contributed by atoms with Crippen molar-refractivity contribution in [2.45, 2.75) is 486 Å². The van der Waals surface area contributed by atoms with Gasteiger partial charge in [0.2, 0.25) is 0 Å². The van der Waals surface area contributed by atoms with Crippen molar-refractivity contribution in [3.8, 4) is 0 Å². The van der Waals surface area contributed by atoms with Gasteiger partial charge >= 0.3 is 0 Å². The van der Waals surface area contributed by atoms with Crippen LogP contribution in [0.2, 0.25) is 0 Å². The Kier molecular flexibility index (Phi) is 68.5. The smallest absolute Gasteiger partial charge is 0.0829 e. The van der Waals surface area contributed by atoms with E-state index < -0.39 is 0 Å². The highest BCUT2D eigenvalue weighted by Gasteiger charge is 2.13. The molecule has 129 heavy (non-hydrogen) atoms. The van der Waals surface area contributed by atoms with Crippen LogP contribution in [-0.2, 0) is 104 Å². The van der Waals surface area contributed by atoms with Gasteiger partial charge in [-0.25, -0.2) is 9.36 Å². The van der Waals surface area contributed by atoms with Crippen LogP contribution in [0.5, 0.6) is 0 Å². The van der Waals surface area contributed by atoms with Gasteiger partial charge in [-0.05, 0) is 230 Å². The molecule has 24 heteroatoms. The molecule has 0 radical (unpaired) electrons. The highest BCUT2D eigenvalue weighted by Crippen LogP contribution is 2.19. The fourth-order valence-corrected chi connectivity index (χ4v) is 14.1. The summed E-state index contributed by atoms with van der Waals surface area (Å²) in [6.07, 6.45) is 56.3. The molecule has 8 aromatic rings. The van der Waals surface area contributed by atoms with Gasteiger partial charge in [0.1, 0.15) is 0 Å². The molecule has 0 unspecified atom stereocenters. The number of hydrogen-bond donors (Lipinski definition) is 0. The summed E-state index contributed by atoms with van der Waals surface area (Å²) in [5, 5.41) is 66.4. The average molecular weight is 1800 g/mol. The summed E-state index contributed by atoms with van der Waals surface area (Å²) in [7, 11) is 0. The van der Waals surface area contributed by atoms with E-state index in [1.165, 1.54) is 172 Å². The van der Waals surface area contributed by atoms with Gasteiger partial charge in [0.25, 0.3) is 0 Å². The van der Waals surface area contributed by atoms with Crippen molar-refractivity contribution < 1.29 is 0 Å². The van der Waals surface area contributed by atoms with E-state index >= 15 is 0 Å². The lowest BCUT2D eigenvalue weighted by atomic mass is 10.1. The van der Waals surface area contributed by atoms with Crippen LogP contribution in [0.1, 0.15) is 428 Å². The molecule has 0 atom stereocenters. The lowest BCUT2D eigenvalue weighted by Crippen LogP contribution is -2.08. The number of hydrogen-bond acceptors (Lipinski definition) is 16. The number of rotatable bonds is 57. The Morgan fingerprint density at radius 3 is 0.791 bits per heavy atom.